The Morgan fingerprint density at radius 1 is 1.53 bits per heavy atom. The van der Waals surface area contributed by atoms with Crippen molar-refractivity contribution in [1.82, 2.24) is 15.2 Å². The van der Waals surface area contributed by atoms with Crippen LogP contribution < -0.4 is 4.74 Å². The number of aromatic amines is 1. The molecule has 0 unspecified atom stereocenters. The molecule has 0 amide bonds. The largest absolute Gasteiger partial charge is 0.437 e. The average molecular weight is 224 g/mol. The highest BCUT2D eigenvalue weighted by atomic mass is 35.5. The summed E-state index contributed by atoms with van der Waals surface area (Å²) in [6, 6.07) is 3.58. The zero-order chi connectivity index (χ0) is 10.7. The summed E-state index contributed by atoms with van der Waals surface area (Å²) in [5.74, 6) is 1.59. The Hall–Kier alpha value is -1.55. The van der Waals surface area contributed by atoms with Gasteiger partial charge in [-0.1, -0.05) is 0 Å². The first-order chi connectivity index (χ1) is 7.29. The van der Waals surface area contributed by atoms with Crippen LogP contribution in [-0.2, 0) is 5.88 Å². The van der Waals surface area contributed by atoms with Gasteiger partial charge in [-0.05, 0) is 13.0 Å². The van der Waals surface area contributed by atoms with E-state index in [4.69, 9.17) is 16.3 Å². The van der Waals surface area contributed by atoms with Crippen LogP contribution in [0.4, 0.5) is 0 Å². The molecular formula is C10H10ClN3O. The Morgan fingerprint density at radius 3 is 3.07 bits per heavy atom. The van der Waals surface area contributed by atoms with Gasteiger partial charge in [-0.2, -0.15) is 0 Å². The van der Waals surface area contributed by atoms with Crippen molar-refractivity contribution in [2.75, 3.05) is 0 Å². The van der Waals surface area contributed by atoms with Crippen LogP contribution in [0.25, 0.3) is 0 Å². The van der Waals surface area contributed by atoms with Gasteiger partial charge in [0.25, 0.3) is 0 Å². The molecule has 0 spiro atoms. The molecule has 0 fully saturated rings. The molecule has 2 aromatic rings. The van der Waals surface area contributed by atoms with Crippen molar-refractivity contribution in [2.45, 2.75) is 12.8 Å². The van der Waals surface area contributed by atoms with Gasteiger partial charge in [0.05, 0.1) is 5.88 Å². The van der Waals surface area contributed by atoms with E-state index in [2.05, 4.69) is 15.2 Å². The number of aryl methyl sites for hydroxylation is 1. The Bertz CT molecular complexity index is 455. The van der Waals surface area contributed by atoms with Crippen molar-refractivity contribution >= 4 is 11.6 Å². The number of pyridine rings is 1. The molecule has 15 heavy (non-hydrogen) atoms. The number of halogens is 1. The lowest BCUT2D eigenvalue weighted by atomic mass is 10.3. The molecule has 2 rings (SSSR count). The first kappa shape index (κ1) is 9.98. The third-order valence-electron chi connectivity index (χ3n) is 1.90. The summed E-state index contributed by atoms with van der Waals surface area (Å²) in [6.07, 6.45) is 3.34. The first-order valence-corrected chi connectivity index (χ1v) is 5.02. The topological polar surface area (TPSA) is 50.8 Å². The number of alkyl halides is 1. The number of hydrogen-bond acceptors (Lipinski definition) is 3. The van der Waals surface area contributed by atoms with Crippen LogP contribution in [-0.4, -0.2) is 15.2 Å². The van der Waals surface area contributed by atoms with Gasteiger partial charge in [-0.3, -0.25) is 10.1 Å². The molecule has 0 aliphatic carbocycles. The predicted octanol–water partition coefficient (Wildman–Crippen LogP) is 2.64. The lowest BCUT2D eigenvalue weighted by molar-refractivity contribution is 0.457. The highest BCUT2D eigenvalue weighted by Crippen LogP contribution is 2.24. The number of aromatic nitrogens is 3. The second-order valence-corrected chi connectivity index (χ2v) is 3.38. The maximum absolute atomic E-state index is 5.76. The molecule has 2 aromatic heterocycles. The third kappa shape index (κ3) is 2.27. The Labute approximate surface area is 92.3 Å². The van der Waals surface area contributed by atoms with Crippen molar-refractivity contribution < 1.29 is 4.74 Å². The molecule has 0 bridgehead atoms. The molecule has 0 aliphatic heterocycles. The SMILES string of the molecule is Cc1cc(Oc2ccncc2CCl)n[nH]1. The number of rotatable bonds is 3. The molecule has 1 N–H and O–H groups in total. The molecule has 0 aliphatic rings. The van der Waals surface area contributed by atoms with Crippen LogP contribution in [0.15, 0.2) is 24.5 Å². The third-order valence-corrected chi connectivity index (χ3v) is 2.19. The second-order valence-electron chi connectivity index (χ2n) is 3.11. The van der Waals surface area contributed by atoms with Crippen molar-refractivity contribution in [2.24, 2.45) is 0 Å². The fourth-order valence-electron chi connectivity index (χ4n) is 1.17. The van der Waals surface area contributed by atoms with E-state index in [-0.39, 0.29) is 0 Å². The van der Waals surface area contributed by atoms with E-state index in [1.54, 1.807) is 18.5 Å². The fourth-order valence-corrected chi connectivity index (χ4v) is 1.37. The molecule has 78 valence electrons. The van der Waals surface area contributed by atoms with Crippen LogP contribution in [0.2, 0.25) is 0 Å². The molecule has 5 heteroatoms. The van der Waals surface area contributed by atoms with Gasteiger partial charge in [-0.15, -0.1) is 16.7 Å². The number of nitrogens with zero attached hydrogens (tertiary/aromatic N) is 2. The van der Waals surface area contributed by atoms with Crippen LogP contribution in [0.3, 0.4) is 0 Å². The van der Waals surface area contributed by atoms with Crippen LogP contribution >= 0.6 is 11.6 Å². The minimum absolute atomic E-state index is 0.368. The minimum atomic E-state index is 0.368. The summed E-state index contributed by atoms with van der Waals surface area (Å²) in [4.78, 5) is 3.97. The minimum Gasteiger partial charge on any atom is -0.437 e. The van der Waals surface area contributed by atoms with E-state index in [1.807, 2.05) is 13.0 Å². The smallest absolute Gasteiger partial charge is 0.238 e. The number of nitrogens with one attached hydrogen (secondary N) is 1. The van der Waals surface area contributed by atoms with E-state index in [0.717, 1.165) is 11.3 Å². The highest BCUT2D eigenvalue weighted by Gasteiger charge is 2.05. The van der Waals surface area contributed by atoms with Crippen LogP contribution in [0, 0.1) is 6.92 Å². The maximum Gasteiger partial charge on any atom is 0.238 e. The van der Waals surface area contributed by atoms with E-state index in [0.29, 0.717) is 17.5 Å². The molecule has 0 saturated heterocycles. The van der Waals surface area contributed by atoms with Crippen molar-refractivity contribution in [3.63, 3.8) is 0 Å². The highest BCUT2D eigenvalue weighted by molar-refractivity contribution is 6.17. The maximum atomic E-state index is 5.76. The van der Waals surface area contributed by atoms with Gasteiger partial charge < -0.3 is 4.74 Å². The average Bonchev–Trinajstić information content (AvgIpc) is 2.65. The van der Waals surface area contributed by atoms with Crippen molar-refractivity contribution in [1.29, 1.82) is 0 Å². The summed E-state index contributed by atoms with van der Waals surface area (Å²) in [7, 11) is 0. The quantitative estimate of drug-likeness (QED) is 0.814. The number of hydrogen-bond donors (Lipinski definition) is 1. The fraction of sp³-hybridized carbons (Fsp3) is 0.200. The summed E-state index contributed by atoms with van der Waals surface area (Å²) in [6.45, 7) is 1.91. The van der Waals surface area contributed by atoms with Crippen molar-refractivity contribution in [3.8, 4) is 11.6 Å². The normalized spacial score (nSPS) is 10.3. The summed E-state index contributed by atoms with van der Waals surface area (Å²) < 4.78 is 5.55. The first-order valence-electron chi connectivity index (χ1n) is 4.48. The zero-order valence-corrected chi connectivity index (χ0v) is 8.95. The van der Waals surface area contributed by atoms with Gasteiger partial charge in [0, 0.05) is 29.7 Å². The standard InChI is InChI=1S/C10H10ClN3O/c1-7-4-10(14-13-7)15-9-2-3-12-6-8(9)5-11/h2-4,6H,5H2,1H3,(H,13,14). The lowest BCUT2D eigenvalue weighted by Crippen LogP contribution is -1.90. The van der Waals surface area contributed by atoms with Gasteiger partial charge in [-0.25, -0.2) is 0 Å². The molecule has 4 nitrogen and oxygen atoms in total. The Kier molecular flexibility index (Phi) is 2.87. The van der Waals surface area contributed by atoms with E-state index in [9.17, 15) is 0 Å². The van der Waals surface area contributed by atoms with Gasteiger partial charge >= 0.3 is 0 Å². The molecule has 0 saturated carbocycles. The summed E-state index contributed by atoms with van der Waals surface area (Å²) in [5, 5.41) is 6.78. The summed E-state index contributed by atoms with van der Waals surface area (Å²) >= 11 is 5.76. The molecule has 2 heterocycles. The van der Waals surface area contributed by atoms with Gasteiger partial charge in [0.2, 0.25) is 5.88 Å². The number of H-pyrrole nitrogens is 1. The van der Waals surface area contributed by atoms with Crippen LogP contribution in [0.5, 0.6) is 11.6 Å². The lowest BCUT2D eigenvalue weighted by Gasteiger charge is -2.05. The Balaban J connectivity index is 2.23. The molecular weight excluding hydrogens is 214 g/mol. The Morgan fingerprint density at radius 2 is 2.40 bits per heavy atom. The van der Waals surface area contributed by atoms with Gasteiger partial charge in [0.15, 0.2) is 0 Å². The van der Waals surface area contributed by atoms with Crippen LogP contribution in [0.1, 0.15) is 11.3 Å². The zero-order valence-electron chi connectivity index (χ0n) is 8.20. The monoisotopic (exact) mass is 223 g/mol. The molecule has 0 aromatic carbocycles. The second kappa shape index (κ2) is 4.31. The van der Waals surface area contributed by atoms with E-state index < -0.39 is 0 Å². The molecule has 0 atom stereocenters. The van der Waals surface area contributed by atoms with E-state index >= 15 is 0 Å². The predicted molar refractivity (Wildman–Crippen MR) is 57.2 cm³/mol. The van der Waals surface area contributed by atoms with Gasteiger partial charge in [0.1, 0.15) is 5.75 Å². The summed E-state index contributed by atoms with van der Waals surface area (Å²) in [5.41, 5.74) is 1.80. The molecule has 0 radical (unpaired) electrons. The number of ether oxygens (including phenoxy) is 1. The van der Waals surface area contributed by atoms with Crippen molar-refractivity contribution in [3.05, 3.63) is 35.8 Å². The van der Waals surface area contributed by atoms with E-state index in [1.165, 1.54) is 0 Å².